The first-order chi connectivity index (χ1) is 27.8. The van der Waals surface area contributed by atoms with Crippen molar-refractivity contribution in [2.45, 2.75) is 0 Å². The topological polar surface area (TPSA) is 35.6 Å². The third-order valence-corrected chi connectivity index (χ3v) is 11.5. The quantitative estimate of drug-likeness (QED) is 0.170. The summed E-state index contributed by atoms with van der Waals surface area (Å²) in [7, 11) is 0. The second-order valence-electron chi connectivity index (χ2n) is 14.6. The molecule has 0 bridgehead atoms. The van der Waals surface area contributed by atoms with Gasteiger partial charge in [0.25, 0.3) is 0 Å². The van der Waals surface area contributed by atoms with Crippen LogP contribution in [0.1, 0.15) is 0 Å². The molecule has 9 aromatic carbocycles. The molecule has 0 aliphatic carbocycles. The monoisotopic (exact) mass is 712 g/mol. The molecule has 0 fully saturated rings. The van der Waals surface area contributed by atoms with Crippen molar-refractivity contribution in [2.24, 2.45) is 0 Å². The first-order valence-electron chi connectivity index (χ1n) is 19.1. The predicted molar refractivity (Wildman–Crippen MR) is 234 cm³/mol. The molecule has 0 spiro atoms. The van der Waals surface area contributed by atoms with Gasteiger partial charge in [0.1, 0.15) is 0 Å². The Hall–Kier alpha value is -7.56. The van der Waals surface area contributed by atoms with Gasteiger partial charge < -0.3 is 9.13 Å². The Bertz CT molecular complexity index is 3470. The van der Waals surface area contributed by atoms with Crippen LogP contribution in [0.25, 0.3) is 110 Å². The van der Waals surface area contributed by atoms with Crippen LogP contribution in [-0.4, -0.2) is 19.1 Å². The molecule has 0 N–H and O–H groups in total. The maximum Gasteiger partial charge on any atom is 0.0979 e. The fourth-order valence-electron chi connectivity index (χ4n) is 8.96. The summed E-state index contributed by atoms with van der Waals surface area (Å²) >= 11 is 0. The molecule has 0 atom stereocenters. The molecule has 0 radical (unpaired) electrons. The Morgan fingerprint density at radius 1 is 0.304 bits per heavy atom. The Morgan fingerprint density at radius 2 is 0.732 bits per heavy atom. The van der Waals surface area contributed by atoms with Gasteiger partial charge in [0.15, 0.2) is 0 Å². The van der Waals surface area contributed by atoms with Gasteiger partial charge in [-0.3, -0.25) is 4.98 Å². The molecular weight excluding hydrogens is 681 g/mol. The lowest BCUT2D eigenvalue weighted by atomic mass is 9.99. The minimum absolute atomic E-state index is 0.868. The molecule has 4 nitrogen and oxygen atoms in total. The van der Waals surface area contributed by atoms with E-state index in [9.17, 15) is 0 Å². The Balaban J connectivity index is 0.942. The van der Waals surface area contributed by atoms with Gasteiger partial charge in [0.05, 0.1) is 45.0 Å². The Labute approximate surface area is 322 Å². The third kappa shape index (κ3) is 4.53. The van der Waals surface area contributed by atoms with Crippen molar-refractivity contribution in [3.63, 3.8) is 0 Å². The van der Waals surface area contributed by atoms with Crippen LogP contribution < -0.4 is 0 Å². The number of benzene rings is 9. The molecular formula is C52H32N4. The molecule has 260 valence electrons. The standard InChI is InChI=1S/C52H32N4/c1-2-12-36(13-3-1)55-47-20-10-8-16-40(47)44-31-50-45(30-49(44)55)41-17-9-11-21-48(41)56(50)37-28-26-34(27-29-37)33-22-24-35(25-23-33)46-32-53-51-42-18-6-4-14-38(42)39-15-5-7-19-43(39)52(51)54-46/h1-32H. The number of fused-ring (bicyclic) bond motifs is 12. The van der Waals surface area contributed by atoms with Crippen LogP contribution in [-0.2, 0) is 0 Å². The highest BCUT2D eigenvalue weighted by Gasteiger charge is 2.19. The molecule has 0 saturated heterocycles. The molecule has 3 heterocycles. The average Bonchev–Trinajstić information content (AvgIpc) is 3.78. The van der Waals surface area contributed by atoms with Crippen LogP contribution in [0.3, 0.4) is 0 Å². The molecule has 0 aliphatic rings. The predicted octanol–water partition coefficient (Wildman–Crippen LogP) is 13.5. The third-order valence-electron chi connectivity index (χ3n) is 11.5. The number of hydrogen-bond acceptors (Lipinski definition) is 2. The molecule has 12 rings (SSSR count). The van der Waals surface area contributed by atoms with Gasteiger partial charge in [-0.1, -0.05) is 140 Å². The summed E-state index contributed by atoms with van der Waals surface area (Å²) in [6, 6.07) is 67.6. The van der Waals surface area contributed by atoms with Crippen molar-refractivity contribution in [3.8, 4) is 33.8 Å². The number of rotatable bonds is 4. The number of nitrogens with zero attached hydrogens (tertiary/aromatic N) is 4. The number of hydrogen-bond donors (Lipinski definition) is 0. The zero-order chi connectivity index (χ0) is 36.7. The van der Waals surface area contributed by atoms with Crippen molar-refractivity contribution in [3.05, 3.63) is 194 Å². The van der Waals surface area contributed by atoms with Gasteiger partial charge >= 0.3 is 0 Å². The second-order valence-corrected chi connectivity index (χ2v) is 14.6. The van der Waals surface area contributed by atoms with Gasteiger partial charge in [0.2, 0.25) is 0 Å². The Kier molecular flexibility index (Phi) is 6.60. The highest BCUT2D eigenvalue weighted by molar-refractivity contribution is 6.23. The lowest BCUT2D eigenvalue weighted by Crippen LogP contribution is -1.94. The summed E-state index contributed by atoms with van der Waals surface area (Å²) < 4.78 is 4.81. The molecule has 56 heavy (non-hydrogen) atoms. The van der Waals surface area contributed by atoms with Crippen molar-refractivity contribution in [1.29, 1.82) is 0 Å². The van der Waals surface area contributed by atoms with E-state index >= 15 is 0 Å². The molecule has 3 aromatic heterocycles. The SMILES string of the molecule is c1ccc(-n2c3ccccc3c3cc4c(cc32)c2ccccc2n4-c2ccc(-c3ccc(-c4cnc5c6ccccc6c6ccccc6c5n4)cc3)cc2)cc1. The highest BCUT2D eigenvalue weighted by atomic mass is 15.0. The normalized spacial score (nSPS) is 11.9. The van der Waals surface area contributed by atoms with Crippen molar-refractivity contribution >= 4 is 76.2 Å². The van der Waals surface area contributed by atoms with Crippen molar-refractivity contribution in [1.82, 2.24) is 19.1 Å². The van der Waals surface area contributed by atoms with Gasteiger partial charge in [0, 0.05) is 49.3 Å². The number of aromatic nitrogens is 4. The van der Waals surface area contributed by atoms with Crippen molar-refractivity contribution < 1.29 is 0 Å². The van der Waals surface area contributed by atoms with Gasteiger partial charge in [-0.2, -0.15) is 0 Å². The van der Waals surface area contributed by atoms with Gasteiger partial charge in [-0.15, -0.1) is 0 Å². The summed E-state index contributed by atoms with van der Waals surface area (Å²) in [5.41, 5.74) is 13.2. The fraction of sp³-hybridized carbons (Fsp3) is 0. The first-order valence-corrected chi connectivity index (χ1v) is 19.1. The molecule has 0 unspecified atom stereocenters. The second kappa shape index (κ2) is 12.0. The van der Waals surface area contributed by atoms with E-state index in [0.717, 1.165) is 55.6 Å². The minimum atomic E-state index is 0.868. The van der Waals surface area contributed by atoms with E-state index < -0.39 is 0 Å². The van der Waals surface area contributed by atoms with Crippen LogP contribution in [0.5, 0.6) is 0 Å². The minimum Gasteiger partial charge on any atom is -0.309 e. The molecule has 4 heteroatoms. The maximum atomic E-state index is 5.20. The summed E-state index contributed by atoms with van der Waals surface area (Å²) in [6.07, 6.45) is 1.91. The lowest BCUT2D eigenvalue weighted by Gasteiger charge is -2.11. The van der Waals surface area contributed by atoms with Crippen LogP contribution in [0.15, 0.2) is 194 Å². The Morgan fingerprint density at radius 3 is 1.30 bits per heavy atom. The van der Waals surface area contributed by atoms with E-state index in [-0.39, 0.29) is 0 Å². The fourth-order valence-corrected chi connectivity index (χ4v) is 8.96. The van der Waals surface area contributed by atoms with Crippen molar-refractivity contribution in [2.75, 3.05) is 0 Å². The zero-order valence-electron chi connectivity index (χ0n) is 30.3. The van der Waals surface area contributed by atoms with Gasteiger partial charge in [-0.25, -0.2) is 4.98 Å². The lowest BCUT2D eigenvalue weighted by molar-refractivity contribution is 1.17. The van der Waals surface area contributed by atoms with Crippen LogP contribution in [0, 0.1) is 0 Å². The van der Waals surface area contributed by atoms with E-state index in [0.29, 0.717) is 0 Å². The largest absolute Gasteiger partial charge is 0.309 e. The van der Waals surface area contributed by atoms with Crippen LogP contribution in [0.4, 0.5) is 0 Å². The molecule has 0 saturated carbocycles. The first kappa shape index (κ1) is 30.9. The maximum absolute atomic E-state index is 5.20. The summed E-state index contributed by atoms with van der Waals surface area (Å²) in [6.45, 7) is 0. The molecule has 0 amide bonds. The van der Waals surface area contributed by atoms with E-state index in [1.54, 1.807) is 0 Å². The summed E-state index contributed by atoms with van der Waals surface area (Å²) in [5.74, 6) is 0. The molecule has 12 aromatic rings. The zero-order valence-corrected chi connectivity index (χ0v) is 30.3. The molecule has 0 aliphatic heterocycles. The van der Waals surface area contributed by atoms with E-state index in [1.165, 1.54) is 54.4 Å². The smallest absolute Gasteiger partial charge is 0.0979 e. The van der Waals surface area contributed by atoms with Crippen LogP contribution >= 0.6 is 0 Å². The van der Waals surface area contributed by atoms with Gasteiger partial charge in [-0.05, 0) is 70.4 Å². The van der Waals surface area contributed by atoms with E-state index in [2.05, 4.69) is 197 Å². The van der Waals surface area contributed by atoms with E-state index in [1.807, 2.05) is 6.20 Å². The average molecular weight is 713 g/mol. The van der Waals surface area contributed by atoms with E-state index in [4.69, 9.17) is 9.97 Å². The summed E-state index contributed by atoms with van der Waals surface area (Å²) in [5, 5.41) is 9.64. The van der Waals surface area contributed by atoms with Crippen LogP contribution in [0.2, 0.25) is 0 Å². The number of para-hydroxylation sites is 3. The highest BCUT2D eigenvalue weighted by Crippen LogP contribution is 2.40. The summed E-state index contributed by atoms with van der Waals surface area (Å²) in [4.78, 5) is 10.2.